The summed E-state index contributed by atoms with van der Waals surface area (Å²) in [6, 6.07) is 16.3. The molecule has 2 aromatic carbocycles. The number of methoxy groups -OCH3 is 1. The van der Waals surface area contributed by atoms with Gasteiger partial charge in [-0.3, -0.25) is 4.79 Å². The Kier molecular flexibility index (Phi) is 7.70. The number of carbonyl (C=O) groups is 3. The summed E-state index contributed by atoms with van der Waals surface area (Å²) < 4.78 is 10.0. The number of rotatable bonds is 8. The summed E-state index contributed by atoms with van der Waals surface area (Å²) in [6.07, 6.45) is 0. The van der Waals surface area contributed by atoms with Crippen molar-refractivity contribution < 1.29 is 23.9 Å². The molecule has 0 amide bonds. The maximum absolute atomic E-state index is 12.7. The first kappa shape index (κ1) is 23.8. The molecule has 8 heteroatoms. The second-order valence-electron chi connectivity index (χ2n) is 7.21. The van der Waals surface area contributed by atoms with E-state index in [1.165, 1.54) is 18.9 Å². The van der Waals surface area contributed by atoms with Crippen LogP contribution >= 0.6 is 11.8 Å². The van der Waals surface area contributed by atoms with Crippen LogP contribution in [-0.2, 0) is 15.2 Å². The molecule has 7 nitrogen and oxygen atoms in total. The van der Waals surface area contributed by atoms with E-state index in [-0.39, 0.29) is 5.69 Å². The lowest BCUT2D eigenvalue weighted by Crippen LogP contribution is -2.16. The molecule has 0 saturated carbocycles. The Balaban J connectivity index is 1.67. The van der Waals surface area contributed by atoms with Crippen molar-refractivity contribution in [1.29, 1.82) is 5.26 Å². The van der Waals surface area contributed by atoms with Gasteiger partial charge in [0.1, 0.15) is 0 Å². The van der Waals surface area contributed by atoms with E-state index in [9.17, 15) is 14.4 Å². The highest BCUT2D eigenvalue weighted by molar-refractivity contribution is 7.98. The van der Waals surface area contributed by atoms with Crippen LogP contribution in [0.5, 0.6) is 0 Å². The third-order valence-corrected chi connectivity index (χ3v) is 6.17. The lowest BCUT2D eigenvalue weighted by Gasteiger charge is -2.09. The Labute approximate surface area is 195 Å². The molecule has 0 fully saturated rings. The minimum atomic E-state index is -0.611. The molecule has 0 spiro atoms. The fourth-order valence-electron chi connectivity index (χ4n) is 3.32. The highest BCUT2D eigenvalue weighted by atomic mass is 32.2. The lowest BCUT2D eigenvalue weighted by atomic mass is 10.1. The molecule has 3 rings (SSSR count). The SMILES string of the molecule is COC(=O)c1c(C)[nH]c(C(=O)COC(=O)c2ccccc2SCc2ccc(C#N)cc2)c1C. The van der Waals surface area contributed by atoms with Crippen molar-refractivity contribution in [2.24, 2.45) is 0 Å². The monoisotopic (exact) mass is 462 g/mol. The summed E-state index contributed by atoms with van der Waals surface area (Å²) in [6.45, 7) is 2.85. The van der Waals surface area contributed by atoms with Gasteiger partial charge in [0.15, 0.2) is 6.61 Å². The minimum Gasteiger partial charge on any atom is -0.465 e. The zero-order valence-electron chi connectivity index (χ0n) is 18.4. The summed E-state index contributed by atoms with van der Waals surface area (Å²) >= 11 is 1.46. The van der Waals surface area contributed by atoms with E-state index in [0.29, 0.717) is 33.7 Å². The van der Waals surface area contributed by atoms with Gasteiger partial charge in [-0.25, -0.2) is 9.59 Å². The van der Waals surface area contributed by atoms with Crippen LogP contribution in [0, 0.1) is 25.2 Å². The first-order chi connectivity index (χ1) is 15.8. The van der Waals surface area contributed by atoms with Crippen LogP contribution in [0.1, 0.15) is 53.6 Å². The number of nitrogens with zero attached hydrogens (tertiary/aromatic N) is 1. The highest BCUT2D eigenvalue weighted by Gasteiger charge is 2.23. The second-order valence-corrected chi connectivity index (χ2v) is 8.23. The average Bonchev–Trinajstić information content (AvgIpc) is 3.14. The Bertz CT molecular complexity index is 1240. The Morgan fingerprint density at radius 2 is 1.73 bits per heavy atom. The van der Waals surface area contributed by atoms with Gasteiger partial charge in [-0.15, -0.1) is 11.8 Å². The number of hydrogen-bond acceptors (Lipinski definition) is 7. The van der Waals surface area contributed by atoms with Crippen molar-refractivity contribution in [1.82, 2.24) is 4.98 Å². The Morgan fingerprint density at radius 1 is 1.03 bits per heavy atom. The number of nitriles is 1. The number of Topliss-reactive ketones (excluding diaryl/α,β-unsaturated/α-hetero) is 1. The smallest absolute Gasteiger partial charge is 0.339 e. The van der Waals surface area contributed by atoms with Crippen LogP contribution in [0.25, 0.3) is 0 Å². The van der Waals surface area contributed by atoms with Gasteiger partial charge >= 0.3 is 11.9 Å². The lowest BCUT2D eigenvalue weighted by molar-refractivity contribution is 0.0469. The normalized spacial score (nSPS) is 10.4. The van der Waals surface area contributed by atoms with E-state index < -0.39 is 24.3 Å². The van der Waals surface area contributed by atoms with Crippen molar-refractivity contribution in [3.8, 4) is 6.07 Å². The van der Waals surface area contributed by atoms with Gasteiger partial charge in [0.05, 0.1) is 35.6 Å². The number of hydrogen-bond donors (Lipinski definition) is 1. The summed E-state index contributed by atoms with van der Waals surface area (Å²) in [7, 11) is 1.27. The number of ether oxygens (including phenoxy) is 2. The van der Waals surface area contributed by atoms with Crippen molar-refractivity contribution >= 4 is 29.5 Å². The van der Waals surface area contributed by atoms with Crippen LogP contribution in [0.3, 0.4) is 0 Å². The first-order valence-electron chi connectivity index (χ1n) is 10.0. The molecular weight excluding hydrogens is 440 g/mol. The Hall–Kier alpha value is -3.83. The standard InChI is InChI=1S/C25H22N2O5S/c1-15-22(25(30)31-3)16(2)27-23(15)20(28)13-32-24(29)19-6-4-5-7-21(19)33-14-18-10-8-17(12-26)9-11-18/h4-11,27H,13-14H2,1-3H3. The zero-order chi connectivity index (χ0) is 24.0. The van der Waals surface area contributed by atoms with E-state index in [0.717, 1.165) is 10.5 Å². The largest absolute Gasteiger partial charge is 0.465 e. The third kappa shape index (κ3) is 5.51. The molecule has 0 saturated heterocycles. The van der Waals surface area contributed by atoms with Crippen LogP contribution < -0.4 is 0 Å². The van der Waals surface area contributed by atoms with Crippen LogP contribution in [0.4, 0.5) is 0 Å². The number of H-pyrrole nitrogens is 1. The van der Waals surface area contributed by atoms with Gasteiger partial charge in [0, 0.05) is 16.3 Å². The highest BCUT2D eigenvalue weighted by Crippen LogP contribution is 2.27. The molecule has 0 atom stereocenters. The summed E-state index contributed by atoms with van der Waals surface area (Å²) in [5, 5.41) is 8.91. The van der Waals surface area contributed by atoms with E-state index in [2.05, 4.69) is 11.1 Å². The van der Waals surface area contributed by atoms with Crippen molar-refractivity contribution in [2.45, 2.75) is 24.5 Å². The number of thioether (sulfide) groups is 1. The zero-order valence-corrected chi connectivity index (χ0v) is 19.2. The molecule has 1 aromatic heterocycles. The van der Waals surface area contributed by atoms with Crippen molar-refractivity contribution in [3.63, 3.8) is 0 Å². The maximum atomic E-state index is 12.7. The minimum absolute atomic E-state index is 0.212. The molecule has 0 unspecified atom stereocenters. The van der Waals surface area contributed by atoms with Gasteiger partial charge in [-0.1, -0.05) is 24.3 Å². The van der Waals surface area contributed by atoms with Gasteiger partial charge in [0.25, 0.3) is 0 Å². The molecule has 3 aromatic rings. The molecule has 0 aliphatic heterocycles. The summed E-state index contributed by atoms with van der Waals surface area (Å²) in [4.78, 5) is 40.9. The molecule has 0 bridgehead atoms. The van der Waals surface area contributed by atoms with Crippen molar-refractivity contribution in [3.05, 3.63) is 87.7 Å². The number of benzene rings is 2. The summed E-state index contributed by atoms with van der Waals surface area (Å²) in [5.74, 6) is -0.987. The van der Waals surface area contributed by atoms with Gasteiger partial charge in [-0.05, 0) is 49.2 Å². The number of ketones is 1. The third-order valence-electron chi connectivity index (χ3n) is 5.02. The fourth-order valence-corrected chi connectivity index (χ4v) is 4.31. The van der Waals surface area contributed by atoms with Gasteiger partial charge in [0.2, 0.25) is 5.78 Å². The van der Waals surface area contributed by atoms with E-state index in [1.54, 1.807) is 38.1 Å². The number of nitrogens with one attached hydrogen (secondary N) is 1. The molecule has 33 heavy (non-hydrogen) atoms. The predicted octanol–water partition coefficient (Wildman–Crippen LogP) is 4.62. The molecular formula is C25H22N2O5S. The molecule has 0 aliphatic rings. The van der Waals surface area contributed by atoms with Crippen LogP contribution in [0.2, 0.25) is 0 Å². The number of aromatic amines is 1. The van der Waals surface area contributed by atoms with E-state index in [1.807, 2.05) is 24.3 Å². The number of aryl methyl sites for hydroxylation is 1. The number of carbonyl (C=O) groups excluding carboxylic acids is 3. The summed E-state index contributed by atoms with van der Waals surface area (Å²) in [5.41, 5.74) is 3.44. The van der Waals surface area contributed by atoms with Gasteiger partial charge < -0.3 is 14.5 Å². The van der Waals surface area contributed by atoms with Gasteiger partial charge in [-0.2, -0.15) is 5.26 Å². The maximum Gasteiger partial charge on any atom is 0.339 e. The number of esters is 2. The van der Waals surface area contributed by atoms with E-state index in [4.69, 9.17) is 14.7 Å². The van der Waals surface area contributed by atoms with Crippen LogP contribution in [0.15, 0.2) is 53.4 Å². The Morgan fingerprint density at radius 3 is 2.39 bits per heavy atom. The van der Waals surface area contributed by atoms with Crippen LogP contribution in [-0.4, -0.2) is 36.4 Å². The molecule has 1 N–H and O–H groups in total. The molecule has 0 radical (unpaired) electrons. The molecule has 0 aliphatic carbocycles. The van der Waals surface area contributed by atoms with Crippen molar-refractivity contribution in [2.75, 3.05) is 13.7 Å². The first-order valence-corrected chi connectivity index (χ1v) is 11.0. The quantitative estimate of drug-likeness (QED) is 0.295. The average molecular weight is 463 g/mol. The molecule has 1 heterocycles. The molecule has 168 valence electrons. The predicted molar refractivity (Wildman–Crippen MR) is 123 cm³/mol. The fraction of sp³-hybridized carbons (Fsp3) is 0.200. The number of aromatic nitrogens is 1. The topological polar surface area (TPSA) is 109 Å². The van der Waals surface area contributed by atoms with E-state index >= 15 is 0 Å². The second kappa shape index (κ2) is 10.7.